The van der Waals surface area contributed by atoms with Gasteiger partial charge in [-0.2, -0.15) is 0 Å². The lowest BCUT2D eigenvalue weighted by Crippen LogP contribution is -2.07. The van der Waals surface area contributed by atoms with Crippen molar-refractivity contribution in [2.45, 2.75) is 25.7 Å². The third kappa shape index (κ3) is 1.57. The Labute approximate surface area is 86.5 Å². The molecule has 0 bridgehead atoms. The van der Waals surface area contributed by atoms with E-state index in [4.69, 9.17) is 4.74 Å². The number of pyridine rings is 1. The maximum Gasteiger partial charge on any atom is 0.216 e. The van der Waals surface area contributed by atoms with Crippen LogP contribution in [0.5, 0.6) is 5.88 Å². The highest BCUT2D eigenvalue weighted by Gasteiger charge is 2.17. The minimum atomic E-state index is 0.804. The molecule has 1 aromatic heterocycles. The number of halogens is 1. The number of aromatic nitrogens is 1. The zero-order valence-corrected chi connectivity index (χ0v) is 9.23. The van der Waals surface area contributed by atoms with Gasteiger partial charge in [0.25, 0.3) is 0 Å². The number of hydrogen-bond acceptors (Lipinski definition) is 2. The minimum Gasteiger partial charge on any atom is -0.481 e. The SMILES string of the molecule is COc1ncc(Br)c2c1CCCC2. The quantitative estimate of drug-likeness (QED) is 0.755. The Bertz CT molecular complexity index is 325. The summed E-state index contributed by atoms with van der Waals surface area (Å²) in [4.78, 5) is 4.24. The lowest BCUT2D eigenvalue weighted by molar-refractivity contribution is 0.388. The van der Waals surface area contributed by atoms with Crippen LogP contribution in [-0.2, 0) is 12.8 Å². The van der Waals surface area contributed by atoms with Crippen LogP contribution in [0.4, 0.5) is 0 Å². The third-order valence-electron chi connectivity index (χ3n) is 2.50. The maximum absolute atomic E-state index is 5.24. The summed E-state index contributed by atoms with van der Waals surface area (Å²) in [6.45, 7) is 0. The first-order valence-corrected chi connectivity index (χ1v) is 5.32. The van der Waals surface area contributed by atoms with Gasteiger partial charge in [-0.3, -0.25) is 0 Å². The molecule has 13 heavy (non-hydrogen) atoms. The molecule has 0 radical (unpaired) electrons. The van der Waals surface area contributed by atoms with Gasteiger partial charge in [0.2, 0.25) is 5.88 Å². The van der Waals surface area contributed by atoms with Gasteiger partial charge in [0.05, 0.1) is 7.11 Å². The molecular weight excluding hydrogens is 230 g/mol. The fourth-order valence-electron chi connectivity index (χ4n) is 1.85. The molecule has 0 atom stereocenters. The van der Waals surface area contributed by atoms with Crippen molar-refractivity contribution in [3.05, 3.63) is 21.8 Å². The van der Waals surface area contributed by atoms with E-state index in [0.717, 1.165) is 23.2 Å². The Morgan fingerprint density at radius 2 is 2.00 bits per heavy atom. The average molecular weight is 242 g/mol. The summed E-state index contributed by atoms with van der Waals surface area (Å²) in [5, 5.41) is 0. The Morgan fingerprint density at radius 1 is 1.31 bits per heavy atom. The molecule has 3 heteroatoms. The van der Waals surface area contributed by atoms with Gasteiger partial charge >= 0.3 is 0 Å². The summed E-state index contributed by atoms with van der Waals surface area (Å²) in [7, 11) is 1.69. The van der Waals surface area contributed by atoms with Crippen molar-refractivity contribution in [3.8, 4) is 5.88 Å². The Morgan fingerprint density at radius 3 is 2.69 bits per heavy atom. The molecule has 0 aliphatic heterocycles. The highest BCUT2D eigenvalue weighted by atomic mass is 79.9. The predicted octanol–water partition coefficient (Wildman–Crippen LogP) is 2.73. The second-order valence-corrected chi connectivity index (χ2v) is 4.13. The zero-order chi connectivity index (χ0) is 9.26. The van der Waals surface area contributed by atoms with E-state index in [-0.39, 0.29) is 0 Å². The summed E-state index contributed by atoms with van der Waals surface area (Å²) in [6.07, 6.45) is 6.61. The molecule has 0 saturated carbocycles. The zero-order valence-electron chi connectivity index (χ0n) is 7.64. The van der Waals surface area contributed by atoms with Crippen molar-refractivity contribution in [1.29, 1.82) is 0 Å². The number of rotatable bonds is 1. The van der Waals surface area contributed by atoms with Crippen molar-refractivity contribution in [2.75, 3.05) is 7.11 Å². The molecule has 1 aromatic rings. The van der Waals surface area contributed by atoms with Gasteiger partial charge in [-0.15, -0.1) is 0 Å². The van der Waals surface area contributed by atoms with Gasteiger partial charge < -0.3 is 4.74 Å². The molecule has 2 rings (SSSR count). The Balaban J connectivity index is 2.52. The van der Waals surface area contributed by atoms with E-state index in [1.165, 1.54) is 24.0 Å². The number of methoxy groups -OCH3 is 1. The van der Waals surface area contributed by atoms with Gasteiger partial charge in [-0.05, 0) is 47.2 Å². The van der Waals surface area contributed by atoms with Gasteiger partial charge in [0.1, 0.15) is 0 Å². The van der Waals surface area contributed by atoms with Crippen molar-refractivity contribution in [2.24, 2.45) is 0 Å². The molecule has 1 aliphatic rings. The van der Waals surface area contributed by atoms with E-state index in [9.17, 15) is 0 Å². The van der Waals surface area contributed by atoms with Crippen LogP contribution >= 0.6 is 15.9 Å². The van der Waals surface area contributed by atoms with Crippen LogP contribution in [0.1, 0.15) is 24.0 Å². The maximum atomic E-state index is 5.24. The normalized spacial score (nSPS) is 15.2. The van der Waals surface area contributed by atoms with Crippen molar-refractivity contribution in [3.63, 3.8) is 0 Å². The van der Waals surface area contributed by atoms with Gasteiger partial charge in [-0.25, -0.2) is 4.98 Å². The van der Waals surface area contributed by atoms with Crippen molar-refractivity contribution in [1.82, 2.24) is 4.98 Å². The van der Waals surface area contributed by atoms with E-state index in [1.54, 1.807) is 7.11 Å². The highest BCUT2D eigenvalue weighted by molar-refractivity contribution is 9.10. The Kier molecular flexibility index (Phi) is 2.54. The minimum absolute atomic E-state index is 0.804. The fourth-order valence-corrected chi connectivity index (χ4v) is 2.39. The smallest absolute Gasteiger partial charge is 0.216 e. The van der Waals surface area contributed by atoms with Gasteiger partial charge in [0, 0.05) is 16.2 Å². The molecule has 0 unspecified atom stereocenters. The predicted molar refractivity (Wildman–Crippen MR) is 55.1 cm³/mol. The standard InChI is InChI=1S/C10H12BrNO/c1-13-10-8-5-3-2-4-7(8)9(11)6-12-10/h6H,2-5H2,1H3. The second-order valence-electron chi connectivity index (χ2n) is 3.28. The summed E-state index contributed by atoms with van der Waals surface area (Å²) >= 11 is 3.53. The number of ether oxygens (including phenoxy) is 1. The molecule has 1 aliphatic carbocycles. The molecule has 0 amide bonds. The third-order valence-corrected chi connectivity index (χ3v) is 3.19. The lowest BCUT2D eigenvalue weighted by atomic mass is 9.93. The molecule has 0 saturated heterocycles. The number of hydrogen-bond donors (Lipinski definition) is 0. The van der Waals surface area contributed by atoms with Crippen LogP contribution in [0.2, 0.25) is 0 Å². The van der Waals surface area contributed by atoms with E-state index in [0.29, 0.717) is 0 Å². The Hall–Kier alpha value is -0.570. The topological polar surface area (TPSA) is 22.1 Å². The van der Waals surface area contributed by atoms with Crippen LogP contribution in [0, 0.1) is 0 Å². The molecule has 1 heterocycles. The molecule has 2 nitrogen and oxygen atoms in total. The monoisotopic (exact) mass is 241 g/mol. The van der Waals surface area contributed by atoms with Crippen molar-refractivity contribution >= 4 is 15.9 Å². The van der Waals surface area contributed by atoms with E-state index in [2.05, 4.69) is 20.9 Å². The van der Waals surface area contributed by atoms with E-state index >= 15 is 0 Å². The highest BCUT2D eigenvalue weighted by Crippen LogP contribution is 2.32. The largest absolute Gasteiger partial charge is 0.481 e. The van der Waals surface area contributed by atoms with E-state index in [1.807, 2.05) is 6.20 Å². The molecule has 0 fully saturated rings. The molecule has 0 aromatic carbocycles. The summed E-state index contributed by atoms with van der Waals surface area (Å²) in [5.74, 6) is 0.804. The van der Waals surface area contributed by atoms with Gasteiger partial charge in [0.15, 0.2) is 0 Å². The number of nitrogens with zero attached hydrogens (tertiary/aromatic N) is 1. The molecule has 0 N–H and O–H groups in total. The fraction of sp³-hybridized carbons (Fsp3) is 0.500. The van der Waals surface area contributed by atoms with Gasteiger partial charge in [-0.1, -0.05) is 0 Å². The summed E-state index contributed by atoms with van der Waals surface area (Å²) in [5.41, 5.74) is 2.68. The van der Waals surface area contributed by atoms with Crippen LogP contribution in [-0.4, -0.2) is 12.1 Å². The molecular formula is C10H12BrNO. The van der Waals surface area contributed by atoms with Crippen LogP contribution in [0.3, 0.4) is 0 Å². The van der Waals surface area contributed by atoms with Crippen LogP contribution in [0.15, 0.2) is 10.7 Å². The first-order valence-electron chi connectivity index (χ1n) is 4.53. The van der Waals surface area contributed by atoms with Crippen LogP contribution < -0.4 is 4.74 Å². The average Bonchev–Trinajstić information content (AvgIpc) is 2.19. The van der Waals surface area contributed by atoms with E-state index < -0.39 is 0 Å². The van der Waals surface area contributed by atoms with Crippen LogP contribution in [0.25, 0.3) is 0 Å². The first kappa shape index (κ1) is 9.00. The summed E-state index contributed by atoms with van der Waals surface area (Å²) in [6, 6.07) is 0. The summed E-state index contributed by atoms with van der Waals surface area (Å²) < 4.78 is 6.36. The second kappa shape index (κ2) is 3.66. The molecule has 0 spiro atoms. The molecule has 70 valence electrons. The first-order chi connectivity index (χ1) is 6.33. The lowest BCUT2D eigenvalue weighted by Gasteiger charge is -2.18. The van der Waals surface area contributed by atoms with Crippen molar-refractivity contribution < 1.29 is 4.74 Å². The number of fused-ring (bicyclic) bond motifs is 1.